The van der Waals surface area contributed by atoms with Crippen LogP contribution in [0.15, 0.2) is 0 Å². The molecular formula is C10H18N2O. The molecule has 3 nitrogen and oxygen atoms in total. The number of hydrogen-bond acceptors (Lipinski definition) is 2. The van der Waals surface area contributed by atoms with E-state index in [2.05, 4.69) is 6.92 Å². The third-order valence-corrected chi connectivity index (χ3v) is 3.30. The minimum Gasteiger partial charge on any atom is -0.341 e. The van der Waals surface area contributed by atoms with Crippen LogP contribution in [0.5, 0.6) is 0 Å². The summed E-state index contributed by atoms with van der Waals surface area (Å²) in [5.41, 5.74) is 5.71. The molecule has 2 rings (SSSR count). The van der Waals surface area contributed by atoms with Gasteiger partial charge in [-0.25, -0.2) is 0 Å². The van der Waals surface area contributed by atoms with Gasteiger partial charge in [0.2, 0.25) is 5.91 Å². The van der Waals surface area contributed by atoms with Crippen LogP contribution in [-0.2, 0) is 4.79 Å². The monoisotopic (exact) mass is 182 g/mol. The highest BCUT2D eigenvalue weighted by molar-refractivity contribution is 5.82. The van der Waals surface area contributed by atoms with Gasteiger partial charge in [-0.1, -0.05) is 6.92 Å². The summed E-state index contributed by atoms with van der Waals surface area (Å²) in [5.74, 6) is 1.76. The first-order chi connectivity index (χ1) is 6.18. The summed E-state index contributed by atoms with van der Waals surface area (Å²) < 4.78 is 0. The van der Waals surface area contributed by atoms with Crippen molar-refractivity contribution in [2.24, 2.45) is 17.6 Å². The summed E-state index contributed by atoms with van der Waals surface area (Å²) in [7, 11) is 0. The van der Waals surface area contributed by atoms with E-state index in [9.17, 15) is 4.79 Å². The summed E-state index contributed by atoms with van der Waals surface area (Å²) in [6, 6.07) is -0.220. The van der Waals surface area contributed by atoms with Gasteiger partial charge in [-0.05, 0) is 31.1 Å². The van der Waals surface area contributed by atoms with Gasteiger partial charge in [0.25, 0.3) is 0 Å². The molecule has 2 N–H and O–H groups in total. The summed E-state index contributed by atoms with van der Waals surface area (Å²) in [6.07, 6.45) is 3.24. The zero-order chi connectivity index (χ0) is 9.42. The van der Waals surface area contributed by atoms with Crippen LogP contribution >= 0.6 is 0 Å². The Labute approximate surface area is 79.3 Å². The van der Waals surface area contributed by atoms with Gasteiger partial charge in [-0.3, -0.25) is 4.79 Å². The summed E-state index contributed by atoms with van der Waals surface area (Å²) in [4.78, 5) is 13.6. The molecule has 2 aliphatic rings. The lowest BCUT2D eigenvalue weighted by molar-refractivity contribution is -0.135. The molecule has 1 saturated carbocycles. The maximum Gasteiger partial charge on any atom is 0.239 e. The van der Waals surface area contributed by atoms with Gasteiger partial charge in [0.15, 0.2) is 0 Å². The van der Waals surface area contributed by atoms with Crippen LogP contribution in [-0.4, -0.2) is 29.9 Å². The summed E-state index contributed by atoms with van der Waals surface area (Å²) >= 11 is 0. The fourth-order valence-corrected chi connectivity index (χ4v) is 2.09. The molecule has 2 fully saturated rings. The van der Waals surface area contributed by atoms with Crippen molar-refractivity contribution in [3.8, 4) is 0 Å². The number of rotatable bonds is 2. The van der Waals surface area contributed by atoms with Gasteiger partial charge in [0.05, 0.1) is 6.04 Å². The maximum absolute atomic E-state index is 11.6. The predicted octanol–water partition coefficient (Wildman–Crippen LogP) is 0.592. The number of carbonyl (C=O) groups excluding carboxylic acids is 1. The molecule has 74 valence electrons. The van der Waals surface area contributed by atoms with Gasteiger partial charge in [-0.2, -0.15) is 0 Å². The van der Waals surface area contributed by atoms with E-state index < -0.39 is 0 Å². The summed E-state index contributed by atoms with van der Waals surface area (Å²) in [5, 5.41) is 0. The Morgan fingerprint density at radius 2 is 2.31 bits per heavy atom. The number of likely N-dealkylation sites (tertiary alicyclic amines) is 1. The Balaban J connectivity index is 1.86. The largest absolute Gasteiger partial charge is 0.341 e. The molecule has 1 aliphatic heterocycles. The Bertz CT molecular complexity index is 217. The van der Waals surface area contributed by atoms with E-state index in [1.54, 1.807) is 0 Å². The molecule has 0 aromatic rings. The molecule has 0 spiro atoms. The fraction of sp³-hybridized carbons (Fsp3) is 0.900. The van der Waals surface area contributed by atoms with Crippen LogP contribution in [0.25, 0.3) is 0 Å². The van der Waals surface area contributed by atoms with Crippen LogP contribution in [0, 0.1) is 11.8 Å². The molecule has 13 heavy (non-hydrogen) atoms. The van der Waals surface area contributed by atoms with E-state index in [1.807, 2.05) is 4.90 Å². The quantitative estimate of drug-likeness (QED) is 0.679. The average molecular weight is 182 g/mol. The first-order valence-corrected chi connectivity index (χ1v) is 5.23. The first-order valence-electron chi connectivity index (χ1n) is 5.23. The van der Waals surface area contributed by atoms with Crippen molar-refractivity contribution in [3.05, 3.63) is 0 Å². The van der Waals surface area contributed by atoms with Crippen LogP contribution in [0.3, 0.4) is 0 Å². The predicted molar refractivity (Wildman–Crippen MR) is 51.1 cm³/mol. The van der Waals surface area contributed by atoms with Gasteiger partial charge in [0, 0.05) is 13.1 Å². The van der Waals surface area contributed by atoms with Crippen molar-refractivity contribution >= 4 is 5.91 Å². The smallest absolute Gasteiger partial charge is 0.239 e. The number of amides is 1. The molecule has 0 radical (unpaired) electrons. The fourth-order valence-electron chi connectivity index (χ4n) is 2.09. The lowest BCUT2D eigenvalue weighted by Gasteiger charge is -2.30. The molecule has 1 amide bonds. The Hall–Kier alpha value is -0.570. The molecule has 3 unspecified atom stereocenters. The molecule has 3 heteroatoms. The van der Waals surface area contributed by atoms with Gasteiger partial charge < -0.3 is 10.6 Å². The minimum atomic E-state index is -0.220. The van der Waals surface area contributed by atoms with Crippen LogP contribution in [0.1, 0.15) is 26.2 Å². The molecule has 0 aromatic carbocycles. The number of nitrogens with zero attached hydrogens (tertiary/aromatic N) is 1. The van der Waals surface area contributed by atoms with Crippen molar-refractivity contribution in [2.75, 3.05) is 13.1 Å². The van der Waals surface area contributed by atoms with Crippen molar-refractivity contribution in [1.29, 1.82) is 0 Å². The van der Waals surface area contributed by atoms with Crippen LogP contribution in [0.4, 0.5) is 0 Å². The molecule has 1 saturated heterocycles. The van der Waals surface area contributed by atoms with E-state index in [4.69, 9.17) is 5.73 Å². The molecule has 3 atom stereocenters. The summed E-state index contributed by atoms with van der Waals surface area (Å²) in [6.45, 7) is 4.13. The van der Waals surface area contributed by atoms with E-state index in [0.29, 0.717) is 0 Å². The van der Waals surface area contributed by atoms with E-state index >= 15 is 0 Å². The lowest BCUT2D eigenvalue weighted by Crippen LogP contribution is -2.49. The van der Waals surface area contributed by atoms with Gasteiger partial charge in [0.1, 0.15) is 0 Å². The highest BCUT2D eigenvalue weighted by Crippen LogP contribution is 2.38. The second-order valence-corrected chi connectivity index (χ2v) is 4.51. The lowest BCUT2D eigenvalue weighted by atomic mass is 10.1. The minimum absolute atomic E-state index is 0.172. The topological polar surface area (TPSA) is 46.3 Å². The van der Waals surface area contributed by atoms with E-state index in [1.165, 1.54) is 6.42 Å². The number of carbonyl (C=O) groups is 1. The highest BCUT2D eigenvalue weighted by atomic mass is 16.2. The maximum atomic E-state index is 11.6. The highest BCUT2D eigenvalue weighted by Gasteiger charge is 2.36. The van der Waals surface area contributed by atoms with Crippen LogP contribution < -0.4 is 5.73 Å². The van der Waals surface area contributed by atoms with Crippen molar-refractivity contribution in [1.82, 2.24) is 4.90 Å². The zero-order valence-corrected chi connectivity index (χ0v) is 8.20. The molecule has 0 bridgehead atoms. The Morgan fingerprint density at radius 3 is 2.92 bits per heavy atom. The molecule has 1 aliphatic carbocycles. The molecule has 0 aromatic heterocycles. The van der Waals surface area contributed by atoms with Crippen molar-refractivity contribution in [3.63, 3.8) is 0 Å². The van der Waals surface area contributed by atoms with E-state index in [-0.39, 0.29) is 11.9 Å². The molecular weight excluding hydrogens is 164 g/mol. The SMILES string of the molecule is CC1CC1CN1CCCC(N)C1=O. The Morgan fingerprint density at radius 1 is 1.62 bits per heavy atom. The molecule has 1 heterocycles. The first kappa shape index (κ1) is 9.00. The Kier molecular flexibility index (Phi) is 2.28. The van der Waals surface area contributed by atoms with Gasteiger partial charge >= 0.3 is 0 Å². The number of hydrogen-bond donors (Lipinski definition) is 1. The third kappa shape index (κ3) is 1.85. The van der Waals surface area contributed by atoms with Gasteiger partial charge in [-0.15, -0.1) is 0 Å². The third-order valence-electron chi connectivity index (χ3n) is 3.30. The normalized spacial score (nSPS) is 39.4. The van der Waals surface area contributed by atoms with Crippen LogP contribution in [0.2, 0.25) is 0 Å². The number of nitrogens with two attached hydrogens (primary N) is 1. The second-order valence-electron chi connectivity index (χ2n) is 4.51. The van der Waals surface area contributed by atoms with Crippen molar-refractivity contribution < 1.29 is 4.79 Å². The second kappa shape index (κ2) is 3.29. The van der Waals surface area contributed by atoms with E-state index in [0.717, 1.165) is 37.8 Å². The van der Waals surface area contributed by atoms with Crippen molar-refractivity contribution in [2.45, 2.75) is 32.2 Å². The average Bonchev–Trinajstić information content (AvgIpc) is 2.77. The zero-order valence-electron chi connectivity index (χ0n) is 8.20. The number of piperidine rings is 1. The standard InChI is InChI=1S/C10H18N2O/c1-7-5-8(7)6-12-4-2-3-9(11)10(12)13/h7-9H,2-6,11H2,1H3.